The second-order valence-electron chi connectivity index (χ2n) is 15.6. The van der Waals surface area contributed by atoms with Gasteiger partial charge in [-0.05, 0) is 113 Å². The van der Waals surface area contributed by atoms with Gasteiger partial charge in [0.25, 0.3) is 0 Å². The SMILES string of the molecule is Cc1cc(-c2cccc3c2[nH]c2c4ccccc4oc32)c2c(c1)N(c1cc3c(cc1C)C(C)(C)CCC3(C)C)c1oc3ccccc3c1[B]2. The fraction of sp³-hybridized carbons (Fsp3) is 0.227. The molecule has 1 aliphatic heterocycles. The Labute approximate surface area is 287 Å². The number of H-pyrrole nitrogens is 1. The maximum atomic E-state index is 6.81. The van der Waals surface area contributed by atoms with Crippen molar-refractivity contribution in [3.63, 3.8) is 0 Å². The molecule has 0 unspecified atom stereocenters. The highest BCUT2D eigenvalue weighted by atomic mass is 16.4. The first kappa shape index (κ1) is 28.8. The molecule has 3 aromatic heterocycles. The Morgan fingerprint density at radius 2 is 1.31 bits per heavy atom. The van der Waals surface area contributed by atoms with Crippen molar-refractivity contribution in [3.8, 4) is 11.1 Å². The topological polar surface area (TPSA) is 45.3 Å². The van der Waals surface area contributed by atoms with Crippen LogP contribution in [0.2, 0.25) is 0 Å². The molecule has 5 aromatic carbocycles. The van der Waals surface area contributed by atoms with Gasteiger partial charge in [-0.25, -0.2) is 0 Å². The summed E-state index contributed by atoms with van der Waals surface area (Å²) in [5.74, 6) is 0.878. The van der Waals surface area contributed by atoms with E-state index in [2.05, 4.69) is 138 Å². The Balaban J connectivity index is 1.26. The number of nitrogens with one attached hydrogen (secondary N) is 1. The first-order valence-electron chi connectivity index (χ1n) is 17.5. The zero-order valence-corrected chi connectivity index (χ0v) is 28.9. The highest BCUT2D eigenvalue weighted by Crippen LogP contribution is 2.50. The number of rotatable bonds is 2. The third kappa shape index (κ3) is 3.99. The van der Waals surface area contributed by atoms with Gasteiger partial charge in [-0.3, -0.25) is 4.90 Å². The fourth-order valence-electron chi connectivity index (χ4n) is 8.73. The van der Waals surface area contributed by atoms with Crippen molar-refractivity contribution in [1.82, 2.24) is 4.98 Å². The Kier molecular flexibility index (Phi) is 5.72. The summed E-state index contributed by atoms with van der Waals surface area (Å²) in [4.78, 5) is 6.21. The van der Waals surface area contributed by atoms with Gasteiger partial charge < -0.3 is 13.8 Å². The van der Waals surface area contributed by atoms with E-state index in [4.69, 9.17) is 8.83 Å². The van der Waals surface area contributed by atoms with Crippen LogP contribution in [0.4, 0.5) is 17.3 Å². The molecule has 0 spiro atoms. The predicted octanol–water partition coefficient (Wildman–Crippen LogP) is 10.9. The lowest BCUT2D eigenvalue weighted by Crippen LogP contribution is -2.41. The van der Waals surface area contributed by atoms with E-state index < -0.39 is 0 Å². The van der Waals surface area contributed by atoms with Gasteiger partial charge in [0, 0.05) is 27.4 Å². The van der Waals surface area contributed by atoms with Crippen molar-refractivity contribution in [1.29, 1.82) is 0 Å². The van der Waals surface area contributed by atoms with Gasteiger partial charge in [0.1, 0.15) is 11.2 Å². The molecule has 0 fully saturated rings. The summed E-state index contributed by atoms with van der Waals surface area (Å²) in [6, 6.07) is 32.9. The minimum Gasteiger partial charge on any atom is -0.454 e. The molecular formula is C44H38BN2O2. The zero-order chi connectivity index (χ0) is 33.4. The second-order valence-corrected chi connectivity index (χ2v) is 15.6. The number of hydrogen-bond acceptors (Lipinski definition) is 3. The molecule has 0 saturated carbocycles. The van der Waals surface area contributed by atoms with Gasteiger partial charge in [-0.2, -0.15) is 0 Å². The molecule has 239 valence electrons. The van der Waals surface area contributed by atoms with Crippen molar-refractivity contribution >= 4 is 79.4 Å². The maximum absolute atomic E-state index is 6.81. The molecule has 2 aliphatic rings. The van der Waals surface area contributed by atoms with E-state index in [0.717, 1.165) is 73.0 Å². The summed E-state index contributed by atoms with van der Waals surface area (Å²) in [6.45, 7) is 14.1. The van der Waals surface area contributed by atoms with Crippen molar-refractivity contribution < 1.29 is 8.83 Å². The van der Waals surface area contributed by atoms with E-state index in [-0.39, 0.29) is 10.8 Å². The van der Waals surface area contributed by atoms with Crippen LogP contribution in [0, 0.1) is 13.8 Å². The van der Waals surface area contributed by atoms with Crippen LogP contribution < -0.4 is 15.8 Å². The first-order chi connectivity index (χ1) is 23.6. The standard InChI is InChI=1S/C44H38BN2O2/c1-24-20-30(26-14-11-15-29-39(26)46-40-28-13-8-10-17-36(28)48-41(29)40)37-34(21-24)47(42-38(45-37)27-12-7-9-16-35(27)49-42)33-23-32-31(22-25(33)2)43(3,4)18-19-44(32,5)6/h7-17,20-23,46H,18-19H2,1-6H3. The highest BCUT2D eigenvalue weighted by molar-refractivity contribution is 6.75. The van der Waals surface area contributed by atoms with Gasteiger partial charge in [0.05, 0.1) is 16.7 Å². The molecule has 4 heterocycles. The van der Waals surface area contributed by atoms with E-state index in [9.17, 15) is 0 Å². The Hall–Kier alpha value is -5.16. The minimum atomic E-state index is 0.0802. The van der Waals surface area contributed by atoms with Crippen LogP contribution in [0.25, 0.3) is 55.1 Å². The Bertz CT molecular complexity index is 2680. The number of furan rings is 2. The molecule has 0 amide bonds. The van der Waals surface area contributed by atoms with Crippen LogP contribution >= 0.6 is 0 Å². The molecule has 1 N–H and O–H groups in total. The van der Waals surface area contributed by atoms with E-state index >= 15 is 0 Å². The van der Waals surface area contributed by atoms with Crippen molar-refractivity contribution in [2.24, 2.45) is 0 Å². The minimum absolute atomic E-state index is 0.0802. The quantitative estimate of drug-likeness (QED) is 0.192. The summed E-state index contributed by atoms with van der Waals surface area (Å²) in [7, 11) is 2.35. The van der Waals surface area contributed by atoms with E-state index in [1.165, 1.54) is 45.4 Å². The molecule has 0 bridgehead atoms. The van der Waals surface area contributed by atoms with E-state index in [1.807, 2.05) is 12.1 Å². The lowest BCUT2D eigenvalue weighted by molar-refractivity contribution is 0.332. The van der Waals surface area contributed by atoms with Gasteiger partial charge in [-0.15, -0.1) is 0 Å². The number of nitrogens with zero attached hydrogens (tertiary/aromatic N) is 1. The van der Waals surface area contributed by atoms with Crippen LogP contribution in [0.1, 0.15) is 62.8 Å². The number of hydrogen-bond donors (Lipinski definition) is 1. The molecule has 10 rings (SSSR count). The second kappa shape index (κ2) is 9.72. The largest absolute Gasteiger partial charge is 0.454 e. The molecule has 49 heavy (non-hydrogen) atoms. The number of aryl methyl sites for hydroxylation is 2. The van der Waals surface area contributed by atoms with Crippen LogP contribution in [0.15, 0.2) is 99.8 Å². The van der Waals surface area contributed by atoms with Crippen LogP contribution in [-0.4, -0.2) is 12.3 Å². The monoisotopic (exact) mass is 637 g/mol. The third-order valence-electron chi connectivity index (χ3n) is 11.5. The summed E-state index contributed by atoms with van der Waals surface area (Å²) in [6.07, 6.45) is 2.35. The number of aromatic nitrogens is 1. The van der Waals surface area contributed by atoms with Crippen molar-refractivity contribution in [3.05, 3.63) is 113 Å². The van der Waals surface area contributed by atoms with Crippen molar-refractivity contribution in [2.45, 2.75) is 65.2 Å². The van der Waals surface area contributed by atoms with Gasteiger partial charge in [0.2, 0.25) is 7.28 Å². The molecule has 1 radical (unpaired) electrons. The average molecular weight is 638 g/mol. The number of aromatic amines is 1. The highest BCUT2D eigenvalue weighted by Gasteiger charge is 2.39. The average Bonchev–Trinajstić information content (AvgIpc) is 3.76. The molecule has 0 saturated heterocycles. The normalized spacial score (nSPS) is 16.2. The smallest absolute Gasteiger partial charge is 0.203 e. The zero-order valence-electron chi connectivity index (χ0n) is 28.9. The van der Waals surface area contributed by atoms with Gasteiger partial charge >= 0.3 is 0 Å². The van der Waals surface area contributed by atoms with Gasteiger partial charge in [0.15, 0.2) is 11.5 Å². The van der Waals surface area contributed by atoms with Crippen LogP contribution in [0.3, 0.4) is 0 Å². The summed E-state index contributed by atoms with van der Waals surface area (Å²) < 4.78 is 13.2. The number of fused-ring (bicyclic) bond motifs is 10. The fourth-order valence-corrected chi connectivity index (χ4v) is 8.73. The lowest BCUT2D eigenvalue weighted by Gasteiger charge is -2.43. The number of benzene rings is 5. The van der Waals surface area contributed by atoms with Crippen LogP contribution in [0.5, 0.6) is 0 Å². The summed E-state index contributed by atoms with van der Waals surface area (Å²) in [5, 5.41) is 3.32. The maximum Gasteiger partial charge on any atom is 0.203 e. The number of anilines is 3. The summed E-state index contributed by atoms with van der Waals surface area (Å²) in [5.41, 5.74) is 17.4. The Morgan fingerprint density at radius 1 is 0.633 bits per heavy atom. The molecule has 4 nitrogen and oxygen atoms in total. The molecule has 8 aromatic rings. The lowest BCUT2D eigenvalue weighted by atomic mass is 9.58. The number of para-hydroxylation sites is 3. The van der Waals surface area contributed by atoms with Gasteiger partial charge in [-0.1, -0.05) is 82.3 Å². The molecular weight excluding hydrogens is 599 g/mol. The molecule has 0 atom stereocenters. The summed E-state index contributed by atoms with van der Waals surface area (Å²) >= 11 is 0. The molecule has 1 aliphatic carbocycles. The molecule has 5 heteroatoms. The predicted molar refractivity (Wildman–Crippen MR) is 205 cm³/mol. The Morgan fingerprint density at radius 3 is 2.08 bits per heavy atom. The van der Waals surface area contributed by atoms with E-state index in [0.29, 0.717) is 0 Å². The van der Waals surface area contributed by atoms with Crippen LogP contribution in [-0.2, 0) is 10.8 Å². The van der Waals surface area contributed by atoms with Crippen molar-refractivity contribution in [2.75, 3.05) is 4.90 Å². The first-order valence-corrected chi connectivity index (χ1v) is 17.5. The van der Waals surface area contributed by atoms with E-state index in [1.54, 1.807) is 0 Å². The third-order valence-corrected chi connectivity index (χ3v) is 11.5.